The molecule has 0 aromatic carbocycles. The highest BCUT2D eigenvalue weighted by atomic mass is 16.3. The molecular formula is C15H13N3O3. The summed E-state index contributed by atoms with van der Waals surface area (Å²) in [5.41, 5.74) is 2.31. The lowest BCUT2D eigenvalue weighted by atomic mass is 10.0. The Morgan fingerprint density at radius 3 is 2.76 bits per heavy atom. The summed E-state index contributed by atoms with van der Waals surface area (Å²) in [7, 11) is 0. The maximum Gasteiger partial charge on any atom is 0.264 e. The topological polar surface area (TPSA) is 91.8 Å². The Kier molecular flexibility index (Phi) is 3.27. The summed E-state index contributed by atoms with van der Waals surface area (Å²) in [6.45, 7) is 1.94. The van der Waals surface area contributed by atoms with Crippen LogP contribution in [0.5, 0.6) is 0 Å². The standard InChI is InChI=1S/C15H13N3O3/c1-9(12-4-5-14(19)18-17-12)11-2-3-13(16-11)15(20)10-6-7-21-8-10/h2-9,16H,1H3,(H,18,19). The summed E-state index contributed by atoms with van der Waals surface area (Å²) >= 11 is 0. The highest BCUT2D eigenvalue weighted by Gasteiger charge is 2.16. The second kappa shape index (κ2) is 5.24. The molecule has 0 radical (unpaired) electrons. The quantitative estimate of drug-likeness (QED) is 0.717. The van der Waals surface area contributed by atoms with Gasteiger partial charge >= 0.3 is 0 Å². The van der Waals surface area contributed by atoms with Crippen molar-refractivity contribution < 1.29 is 9.21 Å². The fourth-order valence-electron chi connectivity index (χ4n) is 2.10. The molecule has 0 aliphatic rings. The summed E-state index contributed by atoms with van der Waals surface area (Å²) in [4.78, 5) is 26.3. The van der Waals surface area contributed by atoms with Gasteiger partial charge in [0.2, 0.25) is 5.78 Å². The third-order valence-electron chi connectivity index (χ3n) is 3.35. The van der Waals surface area contributed by atoms with E-state index in [-0.39, 0.29) is 17.3 Å². The van der Waals surface area contributed by atoms with Crippen LogP contribution in [0.25, 0.3) is 0 Å². The monoisotopic (exact) mass is 283 g/mol. The van der Waals surface area contributed by atoms with Crippen LogP contribution in [0.1, 0.15) is 40.3 Å². The highest BCUT2D eigenvalue weighted by molar-refractivity contribution is 6.07. The average Bonchev–Trinajstić information content (AvgIpc) is 3.18. The number of hydrogen-bond acceptors (Lipinski definition) is 4. The molecule has 0 amide bonds. The largest absolute Gasteiger partial charge is 0.472 e. The third-order valence-corrected chi connectivity index (χ3v) is 3.35. The van der Waals surface area contributed by atoms with Gasteiger partial charge in [-0.15, -0.1) is 0 Å². The molecule has 6 nitrogen and oxygen atoms in total. The summed E-state index contributed by atoms with van der Waals surface area (Å²) in [6.07, 6.45) is 2.87. The van der Waals surface area contributed by atoms with Gasteiger partial charge in [-0.3, -0.25) is 9.59 Å². The zero-order valence-electron chi connectivity index (χ0n) is 11.3. The number of aromatic nitrogens is 3. The second-order valence-corrected chi connectivity index (χ2v) is 4.74. The van der Waals surface area contributed by atoms with E-state index in [0.717, 1.165) is 11.4 Å². The molecule has 0 saturated heterocycles. The van der Waals surface area contributed by atoms with Crippen molar-refractivity contribution in [3.05, 3.63) is 75.9 Å². The molecule has 0 spiro atoms. The Morgan fingerprint density at radius 2 is 2.10 bits per heavy atom. The van der Waals surface area contributed by atoms with Crippen LogP contribution in [0.3, 0.4) is 0 Å². The van der Waals surface area contributed by atoms with E-state index in [4.69, 9.17) is 4.42 Å². The molecule has 0 saturated carbocycles. The SMILES string of the molecule is CC(c1ccc(=O)[nH]n1)c1ccc(C(=O)c2ccoc2)[nH]1. The van der Waals surface area contributed by atoms with Crippen molar-refractivity contribution >= 4 is 5.78 Å². The summed E-state index contributed by atoms with van der Waals surface area (Å²) < 4.78 is 4.91. The molecule has 1 unspecified atom stereocenters. The molecular weight excluding hydrogens is 270 g/mol. The fourth-order valence-corrected chi connectivity index (χ4v) is 2.10. The number of carbonyl (C=O) groups is 1. The van der Waals surface area contributed by atoms with E-state index in [9.17, 15) is 9.59 Å². The molecule has 3 rings (SSSR count). The number of carbonyl (C=O) groups excluding carboxylic acids is 1. The first-order valence-electron chi connectivity index (χ1n) is 6.46. The maximum atomic E-state index is 12.2. The van der Waals surface area contributed by atoms with Crippen LogP contribution in [-0.4, -0.2) is 21.0 Å². The number of hydrogen-bond donors (Lipinski definition) is 2. The Bertz CT molecular complexity index is 794. The Hall–Kier alpha value is -2.89. The second-order valence-electron chi connectivity index (χ2n) is 4.74. The summed E-state index contributed by atoms with van der Waals surface area (Å²) in [5, 5.41) is 6.40. The van der Waals surface area contributed by atoms with E-state index in [1.54, 1.807) is 18.2 Å². The summed E-state index contributed by atoms with van der Waals surface area (Å²) in [5.74, 6) is -0.190. The van der Waals surface area contributed by atoms with E-state index >= 15 is 0 Å². The molecule has 0 fully saturated rings. The molecule has 3 aromatic heterocycles. The van der Waals surface area contributed by atoms with Crippen molar-refractivity contribution in [2.75, 3.05) is 0 Å². The Morgan fingerprint density at radius 1 is 1.24 bits per heavy atom. The van der Waals surface area contributed by atoms with Gasteiger partial charge in [0.05, 0.1) is 23.2 Å². The third kappa shape index (κ3) is 2.55. The maximum absolute atomic E-state index is 12.2. The minimum atomic E-state index is -0.242. The van der Waals surface area contributed by atoms with Gasteiger partial charge < -0.3 is 9.40 Å². The molecule has 0 bridgehead atoms. The number of nitrogens with one attached hydrogen (secondary N) is 2. The van der Waals surface area contributed by atoms with E-state index in [2.05, 4.69) is 15.2 Å². The molecule has 0 aliphatic carbocycles. The minimum Gasteiger partial charge on any atom is -0.472 e. The number of aromatic amines is 2. The Balaban J connectivity index is 1.86. The van der Waals surface area contributed by atoms with Crippen molar-refractivity contribution in [2.24, 2.45) is 0 Å². The number of nitrogens with zero attached hydrogens (tertiary/aromatic N) is 1. The molecule has 21 heavy (non-hydrogen) atoms. The van der Waals surface area contributed by atoms with E-state index in [0.29, 0.717) is 11.3 Å². The van der Waals surface area contributed by atoms with Crippen LogP contribution in [0.4, 0.5) is 0 Å². The first kappa shape index (κ1) is 13.1. The molecule has 3 heterocycles. The van der Waals surface area contributed by atoms with Crippen molar-refractivity contribution in [1.82, 2.24) is 15.2 Å². The van der Waals surface area contributed by atoms with Crippen LogP contribution < -0.4 is 5.56 Å². The molecule has 106 valence electrons. The van der Waals surface area contributed by atoms with Crippen LogP contribution in [0.15, 0.2) is 52.1 Å². The van der Waals surface area contributed by atoms with Gasteiger partial charge in [-0.25, -0.2) is 5.10 Å². The van der Waals surface area contributed by atoms with Gasteiger partial charge in [-0.1, -0.05) is 6.92 Å². The molecule has 1 atom stereocenters. The van der Waals surface area contributed by atoms with Crippen LogP contribution >= 0.6 is 0 Å². The highest BCUT2D eigenvalue weighted by Crippen LogP contribution is 2.21. The number of H-pyrrole nitrogens is 2. The van der Waals surface area contributed by atoms with Crippen molar-refractivity contribution in [2.45, 2.75) is 12.8 Å². The number of furan rings is 1. The number of ketones is 1. The van der Waals surface area contributed by atoms with Crippen molar-refractivity contribution in [3.8, 4) is 0 Å². The van der Waals surface area contributed by atoms with Crippen LogP contribution in [0, 0.1) is 0 Å². The summed E-state index contributed by atoms with van der Waals surface area (Å²) in [6, 6.07) is 8.29. The van der Waals surface area contributed by atoms with Gasteiger partial charge in [-0.05, 0) is 24.3 Å². The lowest BCUT2D eigenvalue weighted by molar-refractivity contribution is 0.103. The predicted molar refractivity (Wildman–Crippen MR) is 75.3 cm³/mol. The zero-order valence-corrected chi connectivity index (χ0v) is 11.3. The number of rotatable bonds is 4. The smallest absolute Gasteiger partial charge is 0.264 e. The average molecular weight is 283 g/mol. The lowest BCUT2D eigenvalue weighted by Crippen LogP contribution is -2.10. The zero-order chi connectivity index (χ0) is 14.8. The molecule has 2 N–H and O–H groups in total. The predicted octanol–water partition coefficient (Wildman–Crippen LogP) is 2.07. The molecule has 0 aliphatic heterocycles. The van der Waals surface area contributed by atoms with Gasteiger partial charge in [0.25, 0.3) is 5.56 Å². The Labute approximate surface area is 119 Å². The van der Waals surface area contributed by atoms with Crippen molar-refractivity contribution in [3.63, 3.8) is 0 Å². The first-order chi connectivity index (χ1) is 10.1. The molecule has 3 aromatic rings. The lowest BCUT2D eigenvalue weighted by Gasteiger charge is -2.07. The van der Waals surface area contributed by atoms with Gasteiger partial charge in [0.15, 0.2) is 0 Å². The van der Waals surface area contributed by atoms with E-state index in [1.165, 1.54) is 18.6 Å². The minimum absolute atomic E-state index is 0.0623. The van der Waals surface area contributed by atoms with E-state index < -0.39 is 0 Å². The fraction of sp³-hybridized carbons (Fsp3) is 0.133. The van der Waals surface area contributed by atoms with E-state index in [1.807, 2.05) is 13.0 Å². The normalized spacial score (nSPS) is 12.2. The van der Waals surface area contributed by atoms with Crippen LogP contribution in [0.2, 0.25) is 0 Å². The van der Waals surface area contributed by atoms with Gasteiger partial charge in [0, 0.05) is 17.7 Å². The van der Waals surface area contributed by atoms with Gasteiger partial charge in [-0.2, -0.15) is 5.10 Å². The first-order valence-corrected chi connectivity index (χ1v) is 6.46. The van der Waals surface area contributed by atoms with Gasteiger partial charge in [0.1, 0.15) is 6.26 Å². The molecule has 6 heteroatoms. The van der Waals surface area contributed by atoms with Crippen molar-refractivity contribution in [1.29, 1.82) is 0 Å². The van der Waals surface area contributed by atoms with Crippen LogP contribution in [-0.2, 0) is 0 Å².